The maximum atomic E-state index is 13.4. The molecule has 0 N–H and O–H groups in total. The molecule has 0 fully saturated rings. The maximum absolute atomic E-state index is 13.4. The van der Waals surface area contributed by atoms with Gasteiger partial charge < -0.3 is 0 Å². The summed E-state index contributed by atoms with van der Waals surface area (Å²) in [5, 5.41) is 3.12. The molecule has 0 radical (unpaired) electrons. The molecular weight excluding hydrogens is 448 g/mol. The van der Waals surface area contributed by atoms with Gasteiger partial charge in [0.05, 0.1) is 11.1 Å². The van der Waals surface area contributed by atoms with Crippen molar-refractivity contribution in [3.8, 4) is 11.1 Å². The fourth-order valence-corrected chi connectivity index (χ4v) is 5.50. The second-order valence-electron chi connectivity index (χ2n) is 8.83. The first kappa shape index (κ1) is 23.2. The summed E-state index contributed by atoms with van der Waals surface area (Å²) in [6.07, 6.45) is 1.68. The van der Waals surface area contributed by atoms with Crippen molar-refractivity contribution >= 4 is 39.1 Å². The van der Waals surface area contributed by atoms with Crippen molar-refractivity contribution in [2.45, 2.75) is 37.9 Å². The van der Waals surface area contributed by atoms with Crippen LogP contribution in [0.4, 0.5) is 0 Å². The molecule has 2 aromatic carbocycles. The fourth-order valence-electron chi connectivity index (χ4n) is 3.61. The van der Waals surface area contributed by atoms with Crippen LogP contribution in [0.25, 0.3) is 21.3 Å². The molecule has 168 valence electrons. The maximum Gasteiger partial charge on any atom is 0.263 e. The average molecular weight is 475 g/mol. The minimum atomic E-state index is -0.107. The highest BCUT2D eigenvalue weighted by Crippen LogP contribution is 2.32. The highest BCUT2D eigenvalue weighted by atomic mass is 32.2. The van der Waals surface area contributed by atoms with Crippen molar-refractivity contribution < 1.29 is 4.79 Å². The summed E-state index contributed by atoms with van der Waals surface area (Å²) in [5.41, 5.74) is 3.65. The zero-order valence-electron chi connectivity index (χ0n) is 19.0. The van der Waals surface area contributed by atoms with Crippen LogP contribution >= 0.6 is 23.1 Å². The van der Waals surface area contributed by atoms with Gasteiger partial charge in [-0.2, -0.15) is 0 Å². The molecule has 0 saturated heterocycles. The molecule has 6 heteroatoms. The van der Waals surface area contributed by atoms with Crippen LogP contribution in [0.5, 0.6) is 0 Å². The normalized spacial score (nSPS) is 11.6. The van der Waals surface area contributed by atoms with E-state index in [-0.39, 0.29) is 22.5 Å². The number of Topliss-reactive ketones (excluding diaryl/α,β-unsaturated/α-hetero) is 1. The third kappa shape index (κ3) is 4.87. The Kier molecular flexibility index (Phi) is 6.68. The number of allylic oxidation sites excluding steroid dienone is 1. The van der Waals surface area contributed by atoms with Crippen LogP contribution in [0.3, 0.4) is 0 Å². The summed E-state index contributed by atoms with van der Waals surface area (Å²) in [7, 11) is 0. The van der Waals surface area contributed by atoms with E-state index in [0.29, 0.717) is 27.5 Å². The molecule has 0 aliphatic carbocycles. The van der Waals surface area contributed by atoms with Crippen molar-refractivity contribution in [1.29, 1.82) is 0 Å². The summed E-state index contributed by atoms with van der Waals surface area (Å²) >= 11 is 2.74. The smallest absolute Gasteiger partial charge is 0.263 e. The lowest BCUT2D eigenvalue weighted by molar-refractivity contribution is 0.102. The van der Waals surface area contributed by atoms with Crippen LogP contribution in [-0.4, -0.2) is 21.1 Å². The van der Waals surface area contributed by atoms with Gasteiger partial charge in [-0.25, -0.2) is 4.98 Å². The van der Waals surface area contributed by atoms with Crippen molar-refractivity contribution in [2.24, 2.45) is 0 Å². The Balaban J connectivity index is 1.64. The number of rotatable bonds is 7. The van der Waals surface area contributed by atoms with Crippen molar-refractivity contribution in [3.05, 3.63) is 94.1 Å². The van der Waals surface area contributed by atoms with Gasteiger partial charge in [0.15, 0.2) is 10.9 Å². The van der Waals surface area contributed by atoms with Gasteiger partial charge in [-0.05, 0) is 16.5 Å². The van der Waals surface area contributed by atoms with Gasteiger partial charge in [-0.3, -0.25) is 14.2 Å². The molecule has 0 spiro atoms. The summed E-state index contributed by atoms with van der Waals surface area (Å²) in [4.78, 5) is 31.7. The van der Waals surface area contributed by atoms with Gasteiger partial charge >= 0.3 is 0 Å². The fraction of sp³-hybridized carbons (Fsp3) is 0.222. The molecule has 0 unspecified atom stereocenters. The number of hydrogen-bond donors (Lipinski definition) is 0. The van der Waals surface area contributed by atoms with Crippen LogP contribution in [0.2, 0.25) is 0 Å². The first-order chi connectivity index (χ1) is 15.8. The monoisotopic (exact) mass is 474 g/mol. The first-order valence-electron chi connectivity index (χ1n) is 10.7. The molecule has 4 rings (SSSR count). The Morgan fingerprint density at radius 2 is 1.82 bits per heavy atom. The number of hydrogen-bond acceptors (Lipinski definition) is 5. The molecular formula is C27H26N2O2S2. The molecule has 0 amide bonds. The van der Waals surface area contributed by atoms with Gasteiger partial charge in [-0.15, -0.1) is 17.9 Å². The van der Waals surface area contributed by atoms with Crippen molar-refractivity contribution in [3.63, 3.8) is 0 Å². The van der Waals surface area contributed by atoms with Crippen LogP contribution in [0.15, 0.2) is 82.6 Å². The lowest BCUT2D eigenvalue weighted by Crippen LogP contribution is -2.23. The summed E-state index contributed by atoms with van der Waals surface area (Å²) in [5.74, 6) is 0.219. The van der Waals surface area contributed by atoms with E-state index in [1.807, 2.05) is 60.0 Å². The van der Waals surface area contributed by atoms with Crippen LogP contribution in [0, 0.1) is 0 Å². The minimum Gasteiger partial charge on any atom is -0.293 e. The Morgan fingerprint density at radius 1 is 1.12 bits per heavy atom. The third-order valence-electron chi connectivity index (χ3n) is 5.46. The minimum absolute atomic E-state index is 0.0103. The molecule has 0 atom stereocenters. The number of nitrogens with zero attached hydrogens (tertiary/aromatic N) is 2. The number of thiophene rings is 1. The molecule has 33 heavy (non-hydrogen) atoms. The van der Waals surface area contributed by atoms with E-state index < -0.39 is 0 Å². The second-order valence-corrected chi connectivity index (χ2v) is 10.6. The highest BCUT2D eigenvalue weighted by molar-refractivity contribution is 7.99. The first-order valence-corrected chi connectivity index (χ1v) is 12.6. The van der Waals surface area contributed by atoms with Gasteiger partial charge in [-0.1, -0.05) is 93.2 Å². The lowest BCUT2D eigenvalue weighted by Gasteiger charge is -2.19. The summed E-state index contributed by atoms with van der Waals surface area (Å²) in [6.45, 7) is 10.6. The highest BCUT2D eigenvalue weighted by Gasteiger charge is 2.19. The molecule has 4 aromatic rings. The molecule has 0 aliphatic rings. The standard InChI is InChI=1S/C27H26N2O2S2/c1-5-15-29-25(31)23-21(18-9-7-6-8-10-18)16-32-24(23)28-26(29)33-17-22(30)19-11-13-20(14-12-19)27(2,3)4/h5-14,16H,1,15,17H2,2-4H3. The molecule has 4 nitrogen and oxygen atoms in total. The number of carbonyl (C=O) groups is 1. The zero-order chi connectivity index (χ0) is 23.6. The van der Waals surface area contributed by atoms with Gasteiger partial charge in [0, 0.05) is 23.1 Å². The summed E-state index contributed by atoms with van der Waals surface area (Å²) in [6, 6.07) is 17.6. The van der Waals surface area contributed by atoms with E-state index >= 15 is 0 Å². The van der Waals surface area contributed by atoms with E-state index in [1.165, 1.54) is 28.7 Å². The number of benzene rings is 2. The number of thioether (sulfide) groups is 1. The van der Waals surface area contributed by atoms with Crippen LogP contribution in [0.1, 0.15) is 36.7 Å². The molecule has 0 aliphatic heterocycles. The van der Waals surface area contributed by atoms with Gasteiger partial charge in [0.2, 0.25) is 0 Å². The predicted octanol–water partition coefficient (Wildman–Crippen LogP) is 6.58. The largest absolute Gasteiger partial charge is 0.293 e. The number of fused-ring (bicyclic) bond motifs is 1. The van der Waals surface area contributed by atoms with Crippen molar-refractivity contribution in [1.82, 2.24) is 9.55 Å². The third-order valence-corrected chi connectivity index (χ3v) is 7.31. The second kappa shape index (κ2) is 9.49. The van der Waals surface area contributed by atoms with Gasteiger partial charge in [0.1, 0.15) is 4.83 Å². The predicted molar refractivity (Wildman–Crippen MR) is 140 cm³/mol. The topological polar surface area (TPSA) is 52.0 Å². The van der Waals surface area contributed by atoms with E-state index in [9.17, 15) is 9.59 Å². The molecule has 2 heterocycles. The van der Waals surface area contributed by atoms with Crippen LogP contribution < -0.4 is 5.56 Å². The number of ketones is 1. The molecule has 0 bridgehead atoms. The Morgan fingerprint density at radius 3 is 2.45 bits per heavy atom. The molecule has 2 aromatic heterocycles. The Bertz CT molecular complexity index is 1360. The van der Waals surface area contributed by atoms with Gasteiger partial charge in [0.25, 0.3) is 5.56 Å². The number of aromatic nitrogens is 2. The van der Waals surface area contributed by atoms with E-state index in [0.717, 1.165) is 11.1 Å². The van der Waals surface area contributed by atoms with E-state index in [4.69, 9.17) is 4.98 Å². The zero-order valence-corrected chi connectivity index (χ0v) is 20.6. The summed E-state index contributed by atoms with van der Waals surface area (Å²) < 4.78 is 1.61. The van der Waals surface area contributed by atoms with Crippen LogP contribution in [-0.2, 0) is 12.0 Å². The molecule has 0 saturated carbocycles. The SMILES string of the molecule is C=CCn1c(SCC(=O)c2ccc(C(C)(C)C)cc2)nc2scc(-c3ccccc3)c2c1=O. The van der Waals surface area contributed by atoms with Crippen molar-refractivity contribution in [2.75, 3.05) is 5.75 Å². The Labute approximate surface area is 202 Å². The Hall–Kier alpha value is -2.96. The lowest BCUT2D eigenvalue weighted by atomic mass is 9.86. The average Bonchev–Trinajstić information content (AvgIpc) is 3.24. The van der Waals surface area contributed by atoms with E-state index in [2.05, 4.69) is 27.4 Å². The number of carbonyl (C=O) groups excluding carboxylic acids is 1. The van der Waals surface area contributed by atoms with E-state index in [1.54, 1.807) is 10.6 Å². The quantitative estimate of drug-likeness (QED) is 0.131.